The minimum atomic E-state index is -0.543. The first-order valence-corrected chi connectivity index (χ1v) is 10.3. The molecule has 32 heavy (non-hydrogen) atoms. The molecule has 3 rings (SSSR count). The molecule has 0 atom stereocenters. The molecule has 0 unspecified atom stereocenters. The molecular formula is C23H23ClF2N4O2. The standard InChI is InChI=1S/C23H23ClF2N4O2/c1-23(2,3)19-13-20(30(29-19)16-7-4-14(25)5-8-16)28-21(31)10-11-27-22(32)17-9-6-15(26)12-18(17)24/h4-9,12-13H,10-11H2,1-3H3,(H,27,32)(H,28,31). The van der Waals surface area contributed by atoms with Gasteiger partial charge in [0, 0.05) is 24.4 Å². The lowest BCUT2D eigenvalue weighted by atomic mass is 9.92. The van der Waals surface area contributed by atoms with Crippen molar-refractivity contribution < 1.29 is 18.4 Å². The van der Waals surface area contributed by atoms with Crippen molar-refractivity contribution in [3.05, 3.63) is 76.4 Å². The number of carbonyl (C=O) groups is 2. The molecule has 0 saturated heterocycles. The molecule has 2 amide bonds. The summed E-state index contributed by atoms with van der Waals surface area (Å²) in [7, 11) is 0. The van der Waals surface area contributed by atoms with E-state index in [1.54, 1.807) is 18.2 Å². The molecule has 0 fully saturated rings. The number of rotatable bonds is 6. The van der Waals surface area contributed by atoms with Gasteiger partial charge in [-0.05, 0) is 42.5 Å². The second-order valence-electron chi connectivity index (χ2n) is 8.23. The van der Waals surface area contributed by atoms with Gasteiger partial charge in [-0.15, -0.1) is 0 Å². The van der Waals surface area contributed by atoms with Crippen LogP contribution in [0.1, 0.15) is 43.2 Å². The highest BCUT2D eigenvalue weighted by atomic mass is 35.5. The van der Waals surface area contributed by atoms with Gasteiger partial charge in [-0.3, -0.25) is 9.59 Å². The zero-order valence-electron chi connectivity index (χ0n) is 17.9. The average Bonchev–Trinajstić information content (AvgIpc) is 3.12. The maximum Gasteiger partial charge on any atom is 0.252 e. The summed E-state index contributed by atoms with van der Waals surface area (Å²) in [6.07, 6.45) is -0.00992. The molecule has 0 spiro atoms. The van der Waals surface area contributed by atoms with Crippen molar-refractivity contribution >= 4 is 29.2 Å². The van der Waals surface area contributed by atoms with E-state index in [2.05, 4.69) is 15.7 Å². The van der Waals surface area contributed by atoms with Gasteiger partial charge in [0.25, 0.3) is 5.91 Å². The average molecular weight is 461 g/mol. The molecule has 1 aromatic heterocycles. The fraction of sp³-hybridized carbons (Fsp3) is 0.261. The number of nitrogens with zero attached hydrogens (tertiary/aromatic N) is 2. The summed E-state index contributed by atoms with van der Waals surface area (Å²) >= 11 is 5.88. The number of carbonyl (C=O) groups excluding carboxylic acids is 2. The van der Waals surface area contributed by atoms with Crippen molar-refractivity contribution in [3.63, 3.8) is 0 Å². The topological polar surface area (TPSA) is 76.0 Å². The molecule has 0 aliphatic rings. The molecule has 2 N–H and O–H groups in total. The molecular weight excluding hydrogens is 438 g/mol. The number of anilines is 1. The van der Waals surface area contributed by atoms with Crippen LogP contribution in [-0.2, 0) is 10.2 Å². The Bertz CT molecular complexity index is 1140. The van der Waals surface area contributed by atoms with E-state index in [1.807, 2.05) is 20.8 Å². The molecule has 9 heteroatoms. The second kappa shape index (κ2) is 9.48. The van der Waals surface area contributed by atoms with Gasteiger partial charge >= 0.3 is 0 Å². The Labute approximate surface area is 189 Å². The van der Waals surface area contributed by atoms with Crippen molar-refractivity contribution in [1.82, 2.24) is 15.1 Å². The van der Waals surface area contributed by atoms with Crippen LogP contribution in [0.4, 0.5) is 14.6 Å². The van der Waals surface area contributed by atoms with Crippen LogP contribution in [0.15, 0.2) is 48.5 Å². The highest BCUT2D eigenvalue weighted by Crippen LogP contribution is 2.26. The zero-order valence-corrected chi connectivity index (χ0v) is 18.6. The van der Waals surface area contributed by atoms with Crippen molar-refractivity contribution in [1.29, 1.82) is 0 Å². The van der Waals surface area contributed by atoms with Gasteiger partial charge in [0.2, 0.25) is 5.91 Å². The molecule has 0 aliphatic heterocycles. The molecule has 3 aromatic rings. The summed E-state index contributed by atoms with van der Waals surface area (Å²) in [5.41, 5.74) is 1.19. The van der Waals surface area contributed by atoms with Gasteiger partial charge in [-0.25, -0.2) is 13.5 Å². The SMILES string of the molecule is CC(C)(C)c1cc(NC(=O)CCNC(=O)c2ccc(F)cc2Cl)n(-c2ccc(F)cc2)n1. The Morgan fingerprint density at radius 2 is 1.69 bits per heavy atom. The largest absolute Gasteiger partial charge is 0.351 e. The van der Waals surface area contributed by atoms with Crippen molar-refractivity contribution in [3.8, 4) is 5.69 Å². The maximum atomic E-state index is 13.3. The smallest absolute Gasteiger partial charge is 0.252 e. The predicted octanol–water partition coefficient (Wildman–Crippen LogP) is 4.86. The van der Waals surface area contributed by atoms with E-state index >= 15 is 0 Å². The van der Waals surface area contributed by atoms with Crippen molar-refractivity contribution in [2.24, 2.45) is 0 Å². The van der Waals surface area contributed by atoms with E-state index in [9.17, 15) is 18.4 Å². The molecule has 6 nitrogen and oxygen atoms in total. The molecule has 0 saturated carbocycles. The Morgan fingerprint density at radius 3 is 2.31 bits per heavy atom. The third kappa shape index (κ3) is 5.70. The Kier molecular flexibility index (Phi) is 6.93. The molecule has 0 radical (unpaired) electrons. The monoisotopic (exact) mass is 460 g/mol. The number of benzene rings is 2. The Hall–Kier alpha value is -3.26. The van der Waals surface area contributed by atoms with E-state index in [0.29, 0.717) is 11.5 Å². The van der Waals surface area contributed by atoms with Crippen molar-refractivity contribution in [2.75, 3.05) is 11.9 Å². The summed E-state index contributed by atoms with van der Waals surface area (Å²) in [6.45, 7) is 6.03. The van der Waals surface area contributed by atoms with Crippen LogP contribution in [0.2, 0.25) is 5.02 Å². The van der Waals surface area contributed by atoms with Gasteiger partial charge in [0.1, 0.15) is 17.5 Å². The minimum absolute atomic E-state index is 0.00939. The van der Waals surface area contributed by atoms with Crippen LogP contribution in [0.5, 0.6) is 0 Å². The van der Waals surface area contributed by atoms with Gasteiger partial charge < -0.3 is 10.6 Å². The Balaban J connectivity index is 1.68. The fourth-order valence-electron chi connectivity index (χ4n) is 2.88. The summed E-state index contributed by atoms with van der Waals surface area (Å²) in [4.78, 5) is 24.7. The van der Waals surface area contributed by atoms with Gasteiger partial charge in [0.15, 0.2) is 0 Å². The first-order chi connectivity index (χ1) is 15.0. The molecule has 0 bridgehead atoms. The summed E-state index contributed by atoms with van der Waals surface area (Å²) < 4.78 is 28.0. The fourth-order valence-corrected chi connectivity index (χ4v) is 3.13. The van der Waals surface area contributed by atoms with E-state index in [4.69, 9.17) is 11.6 Å². The van der Waals surface area contributed by atoms with Crippen LogP contribution < -0.4 is 10.6 Å². The maximum absolute atomic E-state index is 13.3. The van der Waals surface area contributed by atoms with Crippen LogP contribution in [0.25, 0.3) is 5.69 Å². The van der Waals surface area contributed by atoms with Crippen LogP contribution in [0.3, 0.4) is 0 Å². The lowest BCUT2D eigenvalue weighted by Crippen LogP contribution is -2.28. The zero-order chi connectivity index (χ0) is 23.5. The predicted molar refractivity (Wildman–Crippen MR) is 119 cm³/mol. The van der Waals surface area contributed by atoms with Crippen molar-refractivity contribution in [2.45, 2.75) is 32.6 Å². The molecule has 0 aliphatic carbocycles. The lowest BCUT2D eigenvalue weighted by molar-refractivity contribution is -0.116. The van der Waals surface area contributed by atoms with Crippen LogP contribution in [-0.4, -0.2) is 28.1 Å². The van der Waals surface area contributed by atoms with E-state index in [1.165, 1.54) is 22.9 Å². The first kappa shape index (κ1) is 23.4. The lowest BCUT2D eigenvalue weighted by Gasteiger charge is -2.14. The third-order valence-corrected chi connectivity index (χ3v) is 4.94. The quantitative estimate of drug-likeness (QED) is 0.551. The number of nitrogens with one attached hydrogen (secondary N) is 2. The number of aromatic nitrogens is 2. The summed E-state index contributed by atoms with van der Waals surface area (Å²) in [5.74, 6) is -1.34. The highest BCUT2D eigenvalue weighted by Gasteiger charge is 2.21. The number of hydrogen-bond donors (Lipinski definition) is 2. The minimum Gasteiger partial charge on any atom is -0.351 e. The normalized spacial score (nSPS) is 11.3. The van der Waals surface area contributed by atoms with Crippen LogP contribution in [0, 0.1) is 11.6 Å². The first-order valence-electron chi connectivity index (χ1n) is 9.94. The molecule has 1 heterocycles. The number of halogens is 3. The highest BCUT2D eigenvalue weighted by molar-refractivity contribution is 6.33. The second-order valence-corrected chi connectivity index (χ2v) is 8.64. The van der Waals surface area contributed by atoms with E-state index < -0.39 is 11.7 Å². The number of hydrogen-bond acceptors (Lipinski definition) is 3. The summed E-state index contributed by atoms with van der Waals surface area (Å²) in [6, 6.07) is 11.0. The van der Waals surface area contributed by atoms with Crippen LogP contribution >= 0.6 is 11.6 Å². The van der Waals surface area contributed by atoms with E-state index in [0.717, 1.165) is 17.8 Å². The summed E-state index contributed by atoms with van der Waals surface area (Å²) in [5, 5.41) is 9.93. The van der Waals surface area contributed by atoms with Gasteiger partial charge in [0.05, 0.1) is 22.0 Å². The third-order valence-electron chi connectivity index (χ3n) is 4.63. The van der Waals surface area contributed by atoms with Gasteiger partial charge in [-0.1, -0.05) is 32.4 Å². The molecule has 2 aromatic carbocycles. The Morgan fingerprint density at radius 1 is 1.03 bits per heavy atom. The van der Waals surface area contributed by atoms with Gasteiger partial charge in [-0.2, -0.15) is 5.10 Å². The number of amides is 2. The molecule has 168 valence electrons. The van der Waals surface area contributed by atoms with E-state index in [-0.39, 0.29) is 40.7 Å².